The van der Waals surface area contributed by atoms with Gasteiger partial charge in [-0.05, 0) is 38.0 Å². The summed E-state index contributed by atoms with van der Waals surface area (Å²) in [7, 11) is -2.05. The van der Waals surface area contributed by atoms with Crippen molar-refractivity contribution in [3.05, 3.63) is 23.8 Å². The summed E-state index contributed by atoms with van der Waals surface area (Å²) < 4.78 is 32.0. The van der Waals surface area contributed by atoms with Crippen molar-refractivity contribution in [3.8, 4) is 5.75 Å². The number of ether oxygens (including phenoxy) is 1. The largest absolute Gasteiger partial charge is 0.495 e. The van der Waals surface area contributed by atoms with Crippen molar-refractivity contribution in [2.24, 2.45) is 0 Å². The van der Waals surface area contributed by atoms with Gasteiger partial charge in [0.2, 0.25) is 10.0 Å². The molecule has 0 radical (unpaired) electrons. The standard InChI is InChI=1S/C12H19NO3S/c1-5-10(3)13-17(14,15)12-8-9(2)6-7-11(12)16-4/h6-8,10,13H,5H2,1-4H3/t10-/m1/s1. The number of methoxy groups -OCH3 is 1. The Labute approximate surface area is 103 Å². The van der Waals surface area contributed by atoms with Crippen LogP contribution in [0.25, 0.3) is 0 Å². The summed E-state index contributed by atoms with van der Waals surface area (Å²) >= 11 is 0. The molecule has 0 fully saturated rings. The molecule has 96 valence electrons. The van der Waals surface area contributed by atoms with Crippen LogP contribution in [0.15, 0.2) is 23.1 Å². The van der Waals surface area contributed by atoms with E-state index in [1.54, 1.807) is 12.1 Å². The molecule has 1 rings (SSSR count). The van der Waals surface area contributed by atoms with E-state index in [1.807, 2.05) is 26.8 Å². The lowest BCUT2D eigenvalue weighted by molar-refractivity contribution is 0.402. The average molecular weight is 257 g/mol. The van der Waals surface area contributed by atoms with Crippen molar-refractivity contribution >= 4 is 10.0 Å². The first-order valence-corrected chi connectivity index (χ1v) is 7.06. The van der Waals surface area contributed by atoms with Crippen molar-refractivity contribution in [3.63, 3.8) is 0 Å². The Morgan fingerprint density at radius 3 is 2.59 bits per heavy atom. The van der Waals surface area contributed by atoms with Gasteiger partial charge in [0.15, 0.2) is 0 Å². The molecule has 0 aliphatic heterocycles. The highest BCUT2D eigenvalue weighted by Crippen LogP contribution is 2.24. The highest BCUT2D eigenvalue weighted by Gasteiger charge is 2.21. The van der Waals surface area contributed by atoms with E-state index in [4.69, 9.17) is 4.74 Å². The van der Waals surface area contributed by atoms with E-state index in [0.717, 1.165) is 12.0 Å². The van der Waals surface area contributed by atoms with Crippen LogP contribution in [0.2, 0.25) is 0 Å². The molecule has 0 spiro atoms. The van der Waals surface area contributed by atoms with Gasteiger partial charge in [0.1, 0.15) is 10.6 Å². The summed E-state index contributed by atoms with van der Waals surface area (Å²) in [5.41, 5.74) is 0.885. The summed E-state index contributed by atoms with van der Waals surface area (Å²) in [5.74, 6) is 0.367. The van der Waals surface area contributed by atoms with Crippen LogP contribution in [-0.4, -0.2) is 21.6 Å². The van der Waals surface area contributed by atoms with E-state index in [9.17, 15) is 8.42 Å². The van der Waals surface area contributed by atoms with Crippen molar-refractivity contribution in [1.82, 2.24) is 4.72 Å². The zero-order valence-electron chi connectivity index (χ0n) is 10.6. The molecule has 1 aromatic rings. The second-order valence-corrected chi connectivity index (χ2v) is 5.77. The van der Waals surface area contributed by atoms with Crippen LogP contribution in [0.4, 0.5) is 0 Å². The molecule has 17 heavy (non-hydrogen) atoms. The predicted molar refractivity (Wildman–Crippen MR) is 67.8 cm³/mol. The molecule has 4 nitrogen and oxygen atoms in total. The highest BCUT2D eigenvalue weighted by molar-refractivity contribution is 7.89. The summed E-state index contributed by atoms with van der Waals surface area (Å²) in [6.45, 7) is 5.61. The number of aryl methyl sites for hydroxylation is 1. The topological polar surface area (TPSA) is 55.4 Å². The smallest absolute Gasteiger partial charge is 0.244 e. The number of hydrogen-bond donors (Lipinski definition) is 1. The SMILES string of the molecule is CC[C@@H](C)NS(=O)(=O)c1cc(C)ccc1OC. The van der Waals surface area contributed by atoms with Crippen LogP contribution in [0.5, 0.6) is 5.75 Å². The summed E-state index contributed by atoms with van der Waals surface area (Å²) in [6.07, 6.45) is 0.743. The number of sulfonamides is 1. The maximum absolute atomic E-state index is 12.1. The van der Waals surface area contributed by atoms with Crippen LogP contribution in [0, 0.1) is 6.92 Å². The first-order chi connectivity index (χ1) is 7.90. The molecular formula is C12H19NO3S. The summed E-state index contributed by atoms with van der Waals surface area (Å²) in [6, 6.07) is 5.01. The lowest BCUT2D eigenvalue weighted by Crippen LogP contribution is -2.32. The Morgan fingerprint density at radius 1 is 1.41 bits per heavy atom. The van der Waals surface area contributed by atoms with Crippen LogP contribution in [0.3, 0.4) is 0 Å². The molecule has 1 atom stereocenters. The van der Waals surface area contributed by atoms with E-state index >= 15 is 0 Å². The number of hydrogen-bond acceptors (Lipinski definition) is 3. The average Bonchev–Trinajstić information content (AvgIpc) is 2.28. The maximum atomic E-state index is 12.1. The third kappa shape index (κ3) is 3.44. The van der Waals surface area contributed by atoms with Gasteiger partial charge in [0.05, 0.1) is 7.11 Å². The van der Waals surface area contributed by atoms with Gasteiger partial charge in [0, 0.05) is 6.04 Å². The molecule has 0 bridgehead atoms. The van der Waals surface area contributed by atoms with Gasteiger partial charge in [-0.2, -0.15) is 0 Å². The molecule has 0 aliphatic rings. The molecule has 0 aliphatic carbocycles. The van der Waals surface area contributed by atoms with Crippen LogP contribution in [0.1, 0.15) is 25.8 Å². The quantitative estimate of drug-likeness (QED) is 0.878. The lowest BCUT2D eigenvalue weighted by Gasteiger charge is -2.14. The second kappa shape index (κ2) is 5.51. The molecule has 0 amide bonds. The summed E-state index contributed by atoms with van der Waals surface area (Å²) in [4.78, 5) is 0.195. The fourth-order valence-corrected chi connectivity index (χ4v) is 2.99. The fraction of sp³-hybridized carbons (Fsp3) is 0.500. The van der Waals surface area contributed by atoms with E-state index in [2.05, 4.69) is 4.72 Å². The van der Waals surface area contributed by atoms with E-state index < -0.39 is 10.0 Å². The van der Waals surface area contributed by atoms with Gasteiger partial charge in [0.25, 0.3) is 0 Å². The minimum atomic E-state index is -3.51. The van der Waals surface area contributed by atoms with Crippen molar-refractivity contribution in [2.75, 3.05) is 7.11 Å². The van der Waals surface area contributed by atoms with Crippen molar-refractivity contribution < 1.29 is 13.2 Å². The molecule has 0 aromatic heterocycles. The van der Waals surface area contributed by atoms with Gasteiger partial charge >= 0.3 is 0 Å². The van der Waals surface area contributed by atoms with Crippen molar-refractivity contribution in [1.29, 1.82) is 0 Å². The van der Waals surface area contributed by atoms with E-state index in [1.165, 1.54) is 7.11 Å². The summed E-state index contributed by atoms with van der Waals surface area (Å²) in [5, 5.41) is 0. The Bertz CT molecular complexity index is 483. The zero-order chi connectivity index (χ0) is 13.1. The fourth-order valence-electron chi connectivity index (χ4n) is 1.41. The Morgan fingerprint density at radius 2 is 2.06 bits per heavy atom. The van der Waals surface area contributed by atoms with E-state index in [0.29, 0.717) is 5.75 Å². The Hall–Kier alpha value is -1.07. The predicted octanol–water partition coefficient (Wildman–Crippen LogP) is 2.08. The van der Waals surface area contributed by atoms with Crippen LogP contribution in [-0.2, 0) is 10.0 Å². The minimum absolute atomic E-state index is 0.0924. The molecule has 1 aromatic carbocycles. The van der Waals surface area contributed by atoms with Crippen molar-refractivity contribution in [2.45, 2.75) is 38.1 Å². The molecular weight excluding hydrogens is 238 g/mol. The molecule has 1 N–H and O–H groups in total. The first kappa shape index (κ1) is 14.0. The Kier molecular flexibility index (Phi) is 4.54. The van der Waals surface area contributed by atoms with Crippen LogP contribution >= 0.6 is 0 Å². The van der Waals surface area contributed by atoms with Gasteiger partial charge in [-0.25, -0.2) is 13.1 Å². The number of rotatable bonds is 5. The van der Waals surface area contributed by atoms with E-state index in [-0.39, 0.29) is 10.9 Å². The van der Waals surface area contributed by atoms with Gasteiger partial charge < -0.3 is 4.74 Å². The zero-order valence-corrected chi connectivity index (χ0v) is 11.5. The third-order valence-electron chi connectivity index (χ3n) is 2.58. The van der Waals surface area contributed by atoms with Gasteiger partial charge in [-0.15, -0.1) is 0 Å². The molecule has 0 heterocycles. The van der Waals surface area contributed by atoms with Crippen LogP contribution < -0.4 is 9.46 Å². The third-order valence-corrected chi connectivity index (χ3v) is 4.19. The molecule has 0 unspecified atom stereocenters. The normalized spacial score (nSPS) is 13.4. The van der Waals surface area contributed by atoms with Gasteiger partial charge in [-0.1, -0.05) is 13.0 Å². The highest BCUT2D eigenvalue weighted by atomic mass is 32.2. The Balaban J connectivity index is 3.18. The minimum Gasteiger partial charge on any atom is -0.495 e. The maximum Gasteiger partial charge on any atom is 0.244 e. The molecule has 5 heteroatoms. The number of benzene rings is 1. The monoisotopic (exact) mass is 257 g/mol. The number of nitrogens with one attached hydrogen (secondary N) is 1. The molecule has 0 saturated heterocycles. The van der Waals surface area contributed by atoms with Gasteiger partial charge in [-0.3, -0.25) is 0 Å². The first-order valence-electron chi connectivity index (χ1n) is 5.57. The second-order valence-electron chi connectivity index (χ2n) is 4.08. The lowest BCUT2D eigenvalue weighted by atomic mass is 10.2. The molecule has 0 saturated carbocycles.